The molecule has 2 aliphatic heterocycles. The first-order valence-corrected chi connectivity index (χ1v) is 12.6. The number of hydrogen-bond acceptors (Lipinski definition) is 6. The summed E-state index contributed by atoms with van der Waals surface area (Å²) >= 11 is 6.54. The number of carbonyl (C=O) groups excluding carboxylic acids is 2. The van der Waals surface area contributed by atoms with E-state index in [-0.39, 0.29) is 43.9 Å². The van der Waals surface area contributed by atoms with Crippen LogP contribution < -0.4 is 20.1 Å². The van der Waals surface area contributed by atoms with Crippen molar-refractivity contribution >= 4 is 29.3 Å². The number of benzene rings is 1. The van der Waals surface area contributed by atoms with E-state index in [1.807, 2.05) is 38.1 Å². The normalized spacial score (nSPS) is 32.7. The first-order valence-electron chi connectivity index (χ1n) is 12.2. The van der Waals surface area contributed by atoms with Crippen LogP contribution in [0.5, 0.6) is 5.75 Å². The smallest absolute Gasteiger partial charge is 0.409 e. The summed E-state index contributed by atoms with van der Waals surface area (Å²) in [5, 5.41) is 27.1. The first kappa shape index (κ1) is 28.0. The number of aliphatic hydroxyl groups is 1. The standard InChI is InChI=1S/C27H36ClN2O6/c1-17-8-6-7-10-27(34)16-22(36-25(32)29-27)18(2)15-26(3,33)11-9-23(31)30(4)20-13-19(12-17)14-21(35-5)24(20)28/h6-8,13-14,18,22,34H,9-12,15-16H2,1-5H3,(H,29,32)/q-1/b7-6+,17-8+/t18-,22-,26-,27+/m0/s1. The molecule has 0 aromatic heterocycles. The van der Waals surface area contributed by atoms with Crippen molar-refractivity contribution in [2.45, 2.75) is 76.7 Å². The molecule has 2 N–H and O–H groups in total. The molecule has 1 aromatic carbocycles. The fourth-order valence-corrected chi connectivity index (χ4v) is 5.14. The minimum absolute atomic E-state index is 0.0326. The number of hydrogen-bond donors (Lipinski definition) is 2. The van der Waals surface area contributed by atoms with Gasteiger partial charge >= 0.3 is 6.09 Å². The summed E-state index contributed by atoms with van der Waals surface area (Å²) in [6.07, 6.45) is 5.49. The van der Waals surface area contributed by atoms with E-state index in [0.717, 1.165) is 11.1 Å². The Hall–Kier alpha value is -2.55. The van der Waals surface area contributed by atoms with Crippen LogP contribution in [0.3, 0.4) is 0 Å². The number of methoxy groups -OCH3 is 1. The number of anilines is 1. The van der Waals surface area contributed by atoms with Crippen LogP contribution in [-0.2, 0) is 16.0 Å². The number of nitrogens with zero attached hydrogens (tertiary/aromatic N) is 1. The van der Waals surface area contributed by atoms with Crippen LogP contribution >= 0.6 is 11.6 Å². The van der Waals surface area contributed by atoms with Gasteiger partial charge < -0.3 is 24.6 Å². The van der Waals surface area contributed by atoms with Crippen LogP contribution in [0.2, 0.25) is 5.02 Å². The number of fused-ring (bicyclic) bond motifs is 4. The Bertz CT molecular complexity index is 1050. The second kappa shape index (κ2) is 11.2. The summed E-state index contributed by atoms with van der Waals surface area (Å²) in [5.74, 6) is -0.0751. The summed E-state index contributed by atoms with van der Waals surface area (Å²) in [6.45, 7) is 5.36. The van der Waals surface area contributed by atoms with Crippen molar-refractivity contribution in [3.8, 4) is 5.75 Å². The Morgan fingerprint density at radius 2 is 2.03 bits per heavy atom. The number of alkyl carbamates (subject to hydrolysis) is 1. The van der Waals surface area contributed by atoms with Crippen LogP contribution in [0.1, 0.15) is 58.4 Å². The molecule has 1 fully saturated rings. The predicted octanol–water partition coefficient (Wildman–Crippen LogP) is 3.87. The third-order valence-corrected chi connectivity index (χ3v) is 7.26. The lowest BCUT2D eigenvalue weighted by molar-refractivity contribution is -0.477. The van der Waals surface area contributed by atoms with Crippen LogP contribution in [0.15, 0.2) is 35.9 Å². The Kier molecular flexibility index (Phi) is 8.75. The van der Waals surface area contributed by atoms with Crippen molar-refractivity contribution in [2.24, 2.45) is 5.92 Å². The molecule has 0 radical (unpaired) electrons. The zero-order valence-corrected chi connectivity index (χ0v) is 22.4. The maximum absolute atomic E-state index is 13.3. The highest BCUT2D eigenvalue weighted by Crippen LogP contribution is 2.37. The molecule has 36 heavy (non-hydrogen) atoms. The van der Waals surface area contributed by atoms with Gasteiger partial charge in [0.15, 0.2) is 0 Å². The van der Waals surface area contributed by atoms with Gasteiger partial charge in [-0.15, -0.1) is 5.60 Å². The molecular formula is C27H36ClN2O6-. The largest absolute Gasteiger partial charge is 0.850 e. The second-order valence-electron chi connectivity index (χ2n) is 10.3. The van der Waals surface area contributed by atoms with Gasteiger partial charge in [-0.2, -0.15) is 0 Å². The van der Waals surface area contributed by atoms with E-state index < -0.39 is 23.5 Å². The lowest BCUT2D eigenvalue weighted by Gasteiger charge is -2.44. The van der Waals surface area contributed by atoms with Crippen molar-refractivity contribution in [1.82, 2.24) is 5.32 Å². The second-order valence-corrected chi connectivity index (χ2v) is 10.7. The minimum Gasteiger partial charge on any atom is -0.850 e. The monoisotopic (exact) mass is 519 g/mol. The molecule has 4 bridgehead atoms. The summed E-state index contributed by atoms with van der Waals surface area (Å²) in [6, 6.07) is 3.69. The summed E-state index contributed by atoms with van der Waals surface area (Å²) in [4.78, 5) is 26.7. The molecule has 0 unspecified atom stereocenters. The molecule has 0 spiro atoms. The molecular weight excluding hydrogens is 484 g/mol. The third kappa shape index (κ3) is 7.02. The number of ether oxygens (including phenoxy) is 2. The fraction of sp³-hybridized carbons (Fsp3) is 0.556. The highest BCUT2D eigenvalue weighted by atomic mass is 35.5. The average Bonchev–Trinajstić information content (AvgIpc) is 2.79. The number of halogens is 1. The fourth-order valence-electron chi connectivity index (χ4n) is 4.83. The molecule has 1 aromatic rings. The van der Waals surface area contributed by atoms with Crippen LogP contribution in [0.25, 0.3) is 0 Å². The van der Waals surface area contributed by atoms with Gasteiger partial charge in [-0.1, -0.05) is 62.1 Å². The first-order chi connectivity index (χ1) is 16.8. The van der Waals surface area contributed by atoms with Gasteiger partial charge in [-0.25, -0.2) is 4.79 Å². The number of carbonyl (C=O) groups is 2. The zero-order valence-electron chi connectivity index (χ0n) is 21.6. The van der Waals surface area contributed by atoms with Crippen LogP contribution in [-0.4, -0.2) is 48.7 Å². The molecule has 4 atom stereocenters. The molecule has 0 saturated carbocycles. The van der Waals surface area contributed by atoms with Crippen molar-refractivity contribution in [3.05, 3.63) is 46.5 Å². The highest BCUT2D eigenvalue weighted by Gasteiger charge is 2.41. The van der Waals surface area contributed by atoms with E-state index in [9.17, 15) is 19.8 Å². The van der Waals surface area contributed by atoms with Crippen molar-refractivity contribution < 1.29 is 29.3 Å². The maximum atomic E-state index is 13.3. The summed E-state index contributed by atoms with van der Waals surface area (Å²) < 4.78 is 10.9. The van der Waals surface area contributed by atoms with Crippen molar-refractivity contribution in [2.75, 3.05) is 19.1 Å². The molecule has 3 rings (SSSR count). The molecule has 8 nitrogen and oxygen atoms in total. The molecule has 1 saturated heterocycles. The lowest BCUT2D eigenvalue weighted by atomic mass is 9.83. The Labute approximate surface area is 217 Å². The van der Waals surface area contributed by atoms with Crippen LogP contribution in [0.4, 0.5) is 10.5 Å². The predicted molar refractivity (Wildman–Crippen MR) is 137 cm³/mol. The van der Waals surface area contributed by atoms with E-state index in [2.05, 4.69) is 5.32 Å². The van der Waals surface area contributed by atoms with E-state index in [1.54, 1.807) is 20.0 Å². The number of amides is 2. The molecule has 198 valence electrons. The van der Waals surface area contributed by atoms with Gasteiger partial charge in [0.2, 0.25) is 5.91 Å². The Morgan fingerprint density at radius 1 is 1.31 bits per heavy atom. The van der Waals surface area contributed by atoms with E-state index in [1.165, 1.54) is 12.0 Å². The maximum Gasteiger partial charge on any atom is 0.409 e. The lowest BCUT2D eigenvalue weighted by Crippen LogP contribution is -2.57. The molecule has 9 heteroatoms. The van der Waals surface area contributed by atoms with Gasteiger partial charge in [-0.3, -0.25) is 10.1 Å². The van der Waals surface area contributed by atoms with E-state index in [4.69, 9.17) is 21.1 Å². The summed E-state index contributed by atoms with van der Waals surface area (Å²) in [7, 11) is 3.16. The van der Waals surface area contributed by atoms with Crippen molar-refractivity contribution in [3.63, 3.8) is 0 Å². The zero-order chi connectivity index (χ0) is 26.7. The van der Waals surface area contributed by atoms with E-state index >= 15 is 0 Å². The summed E-state index contributed by atoms with van der Waals surface area (Å²) in [5.41, 5.74) is -0.436. The van der Waals surface area contributed by atoms with Gasteiger partial charge in [0.25, 0.3) is 0 Å². The Balaban J connectivity index is 1.97. The SMILES string of the molecule is COc1cc2cc(c1Cl)N(C)C(=O)CC[C@](C)([O-])C[C@H](C)[C@@H]1C[C@](O)(C/C=C/C=C(\C)C2)NC(=O)O1. The topological polar surface area (TPSA) is 111 Å². The highest BCUT2D eigenvalue weighted by molar-refractivity contribution is 6.35. The van der Waals surface area contributed by atoms with Crippen LogP contribution in [0, 0.1) is 5.92 Å². The third-order valence-electron chi connectivity index (χ3n) is 6.88. The quantitative estimate of drug-likeness (QED) is 0.582. The number of nitrogens with one attached hydrogen (secondary N) is 1. The average molecular weight is 520 g/mol. The molecule has 2 heterocycles. The molecule has 2 aliphatic rings. The minimum atomic E-state index is -1.47. The van der Waals surface area contributed by atoms with Gasteiger partial charge in [-0.05, 0) is 37.0 Å². The van der Waals surface area contributed by atoms with Crippen molar-refractivity contribution in [1.29, 1.82) is 0 Å². The van der Waals surface area contributed by atoms with Gasteiger partial charge in [0.05, 0.1) is 12.8 Å². The number of allylic oxidation sites excluding steroid dienone is 3. The Morgan fingerprint density at radius 3 is 2.72 bits per heavy atom. The van der Waals surface area contributed by atoms with Gasteiger partial charge in [0.1, 0.15) is 22.6 Å². The molecule has 2 amide bonds. The van der Waals surface area contributed by atoms with E-state index in [0.29, 0.717) is 22.9 Å². The molecule has 0 aliphatic carbocycles. The number of rotatable bonds is 1. The van der Waals surface area contributed by atoms with Gasteiger partial charge in [0, 0.05) is 26.3 Å².